The number of ether oxygens (including phenoxy) is 3. The molecule has 0 fully saturated rings. The summed E-state index contributed by atoms with van der Waals surface area (Å²) in [5, 5.41) is 0. The van der Waals surface area contributed by atoms with E-state index in [4.69, 9.17) is 31.4 Å². The Hall–Kier alpha value is -0.240. The van der Waals surface area contributed by atoms with Crippen molar-refractivity contribution < 1.29 is 14.2 Å². The van der Waals surface area contributed by atoms with Crippen LogP contribution in [0, 0.1) is 5.41 Å². The van der Waals surface area contributed by atoms with Gasteiger partial charge in [-0.15, -0.1) is 0 Å². The molecular formula is C13H31N3O3. The van der Waals surface area contributed by atoms with Crippen molar-refractivity contribution in [3.05, 3.63) is 0 Å². The fourth-order valence-corrected chi connectivity index (χ4v) is 1.64. The molecule has 0 aromatic rings. The van der Waals surface area contributed by atoms with Crippen molar-refractivity contribution in [2.45, 2.75) is 26.3 Å². The van der Waals surface area contributed by atoms with Crippen molar-refractivity contribution in [2.75, 3.05) is 52.7 Å². The smallest absolute Gasteiger partial charge is 0.0615 e. The number of rotatable bonds is 13. The molecule has 19 heavy (non-hydrogen) atoms. The Morgan fingerprint density at radius 1 is 0.947 bits per heavy atom. The Morgan fingerprint density at radius 3 is 1.79 bits per heavy atom. The highest BCUT2D eigenvalue weighted by atomic mass is 16.5. The van der Waals surface area contributed by atoms with Crippen molar-refractivity contribution in [3.8, 4) is 0 Å². The third-order valence-electron chi connectivity index (χ3n) is 2.88. The Kier molecular flexibility index (Phi) is 11.4. The van der Waals surface area contributed by atoms with E-state index in [1.807, 2.05) is 6.92 Å². The molecule has 0 amide bonds. The van der Waals surface area contributed by atoms with E-state index in [1.54, 1.807) is 0 Å². The van der Waals surface area contributed by atoms with Gasteiger partial charge in [-0.25, -0.2) is 0 Å². The van der Waals surface area contributed by atoms with Crippen LogP contribution in [0.2, 0.25) is 0 Å². The summed E-state index contributed by atoms with van der Waals surface area (Å²) in [6.45, 7) is 8.41. The average Bonchev–Trinajstić information content (AvgIpc) is 2.38. The van der Waals surface area contributed by atoms with Gasteiger partial charge in [0.25, 0.3) is 0 Å². The van der Waals surface area contributed by atoms with Crippen LogP contribution in [0.15, 0.2) is 0 Å². The normalized spacial score (nSPS) is 13.7. The van der Waals surface area contributed by atoms with Crippen molar-refractivity contribution in [1.82, 2.24) is 0 Å². The van der Waals surface area contributed by atoms with Gasteiger partial charge in [-0.1, -0.05) is 6.92 Å². The molecule has 0 rings (SSSR count). The molecule has 1 unspecified atom stereocenters. The lowest BCUT2D eigenvalue weighted by molar-refractivity contribution is -0.0705. The highest BCUT2D eigenvalue weighted by Crippen LogP contribution is 2.24. The molecule has 6 N–H and O–H groups in total. The monoisotopic (exact) mass is 277 g/mol. The van der Waals surface area contributed by atoms with E-state index >= 15 is 0 Å². The minimum Gasteiger partial charge on any atom is -0.379 e. The van der Waals surface area contributed by atoms with E-state index in [0.29, 0.717) is 52.7 Å². The minimum atomic E-state index is -0.154. The zero-order valence-corrected chi connectivity index (χ0v) is 12.4. The summed E-state index contributed by atoms with van der Waals surface area (Å²) in [7, 11) is 0. The van der Waals surface area contributed by atoms with Gasteiger partial charge in [-0.2, -0.15) is 0 Å². The number of nitrogens with two attached hydrogens (primary N) is 3. The number of hydrogen-bond acceptors (Lipinski definition) is 6. The van der Waals surface area contributed by atoms with E-state index in [1.165, 1.54) is 0 Å². The molecule has 0 aromatic heterocycles. The molecule has 0 saturated heterocycles. The SMILES string of the molecule is CCC(COCCN)(COCCN)COCC(C)N. The molecule has 1 atom stereocenters. The van der Waals surface area contributed by atoms with E-state index < -0.39 is 0 Å². The maximum absolute atomic E-state index is 5.69. The van der Waals surface area contributed by atoms with Crippen LogP contribution < -0.4 is 17.2 Å². The van der Waals surface area contributed by atoms with Crippen LogP contribution in [0.4, 0.5) is 0 Å². The van der Waals surface area contributed by atoms with Gasteiger partial charge in [0.2, 0.25) is 0 Å². The van der Waals surface area contributed by atoms with E-state index in [-0.39, 0.29) is 11.5 Å². The maximum Gasteiger partial charge on any atom is 0.0615 e. The topological polar surface area (TPSA) is 106 Å². The Labute approximate surface area is 116 Å². The summed E-state index contributed by atoms with van der Waals surface area (Å²) in [6.07, 6.45) is 0.904. The standard InChI is InChI=1S/C13H31N3O3/c1-3-13(9-17-6-4-14,10-18-7-5-15)11-19-8-12(2)16/h12H,3-11,14-16H2,1-2H3. The molecule has 6 nitrogen and oxygen atoms in total. The Bertz CT molecular complexity index is 194. The lowest BCUT2D eigenvalue weighted by atomic mass is 9.88. The van der Waals surface area contributed by atoms with Crippen LogP contribution in [0.25, 0.3) is 0 Å². The van der Waals surface area contributed by atoms with Gasteiger partial charge in [0.05, 0.1) is 39.6 Å². The van der Waals surface area contributed by atoms with Crippen LogP contribution in [-0.4, -0.2) is 58.8 Å². The summed E-state index contributed by atoms with van der Waals surface area (Å²) in [6, 6.07) is 0.0319. The van der Waals surface area contributed by atoms with Crippen molar-refractivity contribution in [2.24, 2.45) is 22.6 Å². The molecule has 0 aromatic carbocycles. The number of hydrogen-bond donors (Lipinski definition) is 3. The molecule has 116 valence electrons. The maximum atomic E-state index is 5.69. The van der Waals surface area contributed by atoms with Crippen molar-refractivity contribution in [3.63, 3.8) is 0 Å². The lowest BCUT2D eigenvalue weighted by Crippen LogP contribution is -2.39. The highest BCUT2D eigenvalue weighted by molar-refractivity contribution is 4.78. The highest BCUT2D eigenvalue weighted by Gasteiger charge is 2.29. The van der Waals surface area contributed by atoms with Crippen LogP contribution in [0.5, 0.6) is 0 Å². The molecule has 0 aliphatic carbocycles. The first-order chi connectivity index (χ1) is 9.10. The Morgan fingerprint density at radius 2 is 1.42 bits per heavy atom. The second kappa shape index (κ2) is 11.6. The van der Waals surface area contributed by atoms with Crippen LogP contribution in [-0.2, 0) is 14.2 Å². The fraction of sp³-hybridized carbons (Fsp3) is 1.00. The van der Waals surface area contributed by atoms with Crippen LogP contribution in [0.3, 0.4) is 0 Å². The van der Waals surface area contributed by atoms with Crippen LogP contribution in [0.1, 0.15) is 20.3 Å². The summed E-state index contributed by atoms with van der Waals surface area (Å²) >= 11 is 0. The predicted octanol–water partition coefficient (Wildman–Crippen LogP) is -0.303. The van der Waals surface area contributed by atoms with Crippen LogP contribution >= 0.6 is 0 Å². The molecular weight excluding hydrogens is 246 g/mol. The first-order valence-corrected chi connectivity index (χ1v) is 6.99. The minimum absolute atomic E-state index is 0.0319. The van der Waals surface area contributed by atoms with Gasteiger partial charge >= 0.3 is 0 Å². The largest absolute Gasteiger partial charge is 0.379 e. The molecule has 0 saturated carbocycles. The molecule has 0 aliphatic heterocycles. The average molecular weight is 277 g/mol. The van der Waals surface area contributed by atoms with Crippen molar-refractivity contribution in [1.29, 1.82) is 0 Å². The van der Waals surface area contributed by atoms with E-state index in [0.717, 1.165) is 6.42 Å². The molecule has 0 heterocycles. The second-order valence-corrected chi connectivity index (χ2v) is 5.03. The molecule has 6 heteroatoms. The quantitative estimate of drug-likeness (QED) is 0.399. The van der Waals surface area contributed by atoms with Crippen molar-refractivity contribution >= 4 is 0 Å². The van der Waals surface area contributed by atoms with Gasteiger partial charge in [0, 0.05) is 24.5 Å². The zero-order valence-electron chi connectivity index (χ0n) is 12.4. The van der Waals surface area contributed by atoms with E-state index in [9.17, 15) is 0 Å². The summed E-state index contributed by atoms with van der Waals surface area (Å²) in [4.78, 5) is 0. The summed E-state index contributed by atoms with van der Waals surface area (Å²) in [5.41, 5.74) is 16.4. The third kappa shape index (κ3) is 9.32. The van der Waals surface area contributed by atoms with Gasteiger partial charge in [-0.3, -0.25) is 0 Å². The fourth-order valence-electron chi connectivity index (χ4n) is 1.64. The summed E-state index contributed by atoms with van der Waals surface area (Å²) < 4.78 is 16.8. The van der Waals surface area contributed by atoms with Gasteiger partial charge in [-0.05, 0) is 13.3 Å². The molecule has 0 radical (unpaired) electrons. The Balaban J connectivity index is 4.28. The first kappa shape index (κ1) is 18.8. The lowest BCUT2D eigenvalue weighted by Gasteiger charge is -2.32. The molecule has 0 aliphatic rings. The predicted molar refractivity (Wildman–Crippen MR) is 76.9 cm³/mol. The molecule has 0 bridgehead atoms. The van der Waals surface area contributed by atoms with Gasteiger partial charge in [0.1, 0.15) is 0 Å². The van der Waals surface area contributed by atoms with Gasteiger partial charge in [0.15, 0.2) is 0 Å². The van der Waals surface area contributed by atoms with Gasteiger partial charge < -0.3 is 31.4 Å². The summed E-state index contributed by atoms with van der Waals surface area (Å²) in [5.74, 6) is 0. The zero-order chi connectivity index (χ0) is 14.6. The second-order valence-electron chi connectivity index (χ2n) is 5.03. The van der Waals surface area contributed by atoms with E-state index in [2.05, 4.69) is 6.92 Å². The molecule has 0 spiro atoms. The first-order valence-electron chi connectivity index (χ1n) is 6.99. The third-order valence-corrected chi connectivity index (χ3v) is 2.88.